The summed E-state index contributed by atoms with van der Waals surface area (Å²) in [6.07, 6.45) is 0.700. The Morgan fingerprint density at radius 3 is 2.31 bits per heavy atom. The fourth-order valence-electron chi connectivity index (χ4n) is 1.14. The highest BCUT2D eigenvalue weighted by atomic mass is 16.5. The van der Waals surface area contributed by atoms with Gasteiger partial charge in [-0.15, -0.1) is 0 Å². The number of ether oxygens (including phenoxy) is 1. The standard InChI is InChI=1S/C9H16O4/c1-4-6(2)8(7(11)5-10)9(12)13-3/h6,8,10H,4-5H2,1-3H3/t6-,8?/m0/s1. The second kappa shape index (κ2) is 5.70. The number of hydrogen-bond donors (Lipinski definition) is 1. The van der Waals surface area contributed by atoms with E-state index in [1.54, 1.807) is 6.92 Å². The molecule has 0 saturated heterocycles. The number of esters is 1. The van der Waals surface area contributed by atoms with Crippen molar-refractivity contribution in [2.45, 2.75) is 20.3 Å². The Kier molecular flexibility index (Phi) is 5.30. The number of carbonyl (C=O) groups excluding carboxylic acids is 2. The van der Waals surface area contributed by atoms with E-state index in [0.717, 1.165) is 0 Å². The van der Waals surface area contributed by atoms with Gasteiger partial charge in [-0.1, -0.05) is 20.3 Å². The predicted octanol–water partition coefficient (Wildman–Crippen LogP) is 0.383. The SMILES string of the molecule is CC[C@H](C)C(C(=O)CO)C(=O)OC. The van der Waals surface area contributed by atoms with Crippen molar-refractivity contribution in [2.75, 3.05) is 13.7 Å². The molecule has 0 aliphatic carbocycles. The number of ketones is 1. The molecule has 0 rings (SSSR count). The molecule has 13 heavy (non-hydrogen) atoms. The first-order valence-electron chi connectivity index (χ1n) is 4.29. The lowest BCUT2D eigenvalue weighted by Crippen LogP contribution is -2.32. The fourth-order valence-corrected chi connectivity index (χ4v) is 1.14. The van der Waals surface area contributed by atoms with Gasteiger partial charge in [0, 0.05) is 0 Å². The predicted molar refractivity (Wildman–Crippen MR) is 47.1 cm³/mol. The van der Waals surface area contributed by atoms with Crippen LogP contribution in [0.25, 0.3) is 0 Å². The number of aliphatic hydroxyl groups excluding tert-OH is 1. The Morgan fingerprint density at radius 2 is 2.00 bits per heavy atom. The van der Waals surface area contributed by atoms with Gasteiger partial charge in [0.1, 0.15) is 12.5 Å². The van der Waals surface area contributed by atoms with Crippen molar-refractivity contribution < 1.29 is 19.4 Å². The fraction of sp³-hybridized carbons (Fsp3) is 0.778. The first-order chi connectivity index (χ1) is 6.08. The van der Waals surface area contributed by atoms with E-state index in [9.17, 15) is 9.59 Å². The lowest BCUT2D eigenvalue weighted by atomic mass is 9.88. The summed E-state index contributed by atoms with van der Waals surface area (Å²) in [5.41, 5.74) is 0. The summed E-state index contributed by atoms with van der Waals surface area (Å²) in [7, 11) is 1.24. The molecule has 4 heteroatoms. The zero-order valence-corrected chi connectivity index (χ0v) is 8.24. The number of rotatable bonds is 5. The summed E-state index contributed by atoms with van der Waals surface area (Å²) < 4.78 is 4.49. The third-order valence-corrected chi connectivity index (χ3v) is 2.17. The largest absolute Gasteiger partial charge is 0.468 e. The van der Waals surface area contributed by atoms with Gasteiger partial charge >= 0.3 is 5.97 Å². The van der Waals surface area contributed by atoms with Crippen LogP contribution in [0.15, 0.2) is 0 Å². The van der Waals surface area contributed by atoms with E-state index in [2.05, 4.69) is 4.74 Å². The molecular formula is C9H16O4. The zero-order valence-electron chi connectivity index (χ0n) is 8.24. The quantitative estimate of drug-likeness (QED) is 0.500. The van der Waals surface area contributed by atoms with Gasteiger partial charge < -0.3 is 9.84 Å². The molecule has 0 radical (unpaired) electrons. The molecule has 0 amide bonds. The molecule has 1 N–H and O–H groups in total. The lowest BCUT2D eigenvalue weighted by Gasteiger charge is -2.17. The van der Waals surface area contributed by atoms with Crippen LogP contribution in [0, 0.1) is 11.8 Å². The number of hydrogen-bond acceptors (Lipinski definition) is 4. The van der Waals surface area contributed by atoms with E-state index in [1.165, 1.54) is 7.11 Å². The van der Waals surface area contributed by atoms with E-state index in [0.29, 0.717) is 6.42 Å². The molecule has 2 atom stereocenters. The minimum absolute atomic E-state index is 0.0906. The average Bonchev–Trinajstić information content (AvgIpc) is 2.16. The molecule has 0 saturated carbocycles. The van der Waals surface area contributed by atoms with Crippen LogP contribution >= 0.6 is 0 Å². The van der Waals surface area contributed by atoms with E-state index < -0.39 is 24.3 Å². The van der Waals surface area contributed by atoms with Crippen LogP contribution in [0.1, 0.15) is 20.3 Å². The Morgan fingerprint density at radius 1 is 1.46 bits per heavy atom. The smallest absolute Gasteiger partial charge is 0.316 e. The van der Waals surface area contributed by atoms with E-state index in [-0.39, 0.29) is 5.92 Å². The van der Waals surface area contributed by atoms with Gasteiger partial charge in [-0.25, -0.2) is 0 Å². The molecular weight excluding hydrogens is 172 g/mol. The molecule has 0 bridgehead atoms. The van der Waals surface area contributed by atoms with Crippen molar-refractivity contribution >= 4 is 11.8 Å². The topological polar surface area (TPSA) is 63.6 Å². The molecule has 0 aromatic rings. The van der Waals surface area contributed by atoms with Crippen molar-refractivity contribution in [1.29, 1.82) is 0 Å². The van der Waals surface area contributed by atoms with Gasteiger partial charge in [-0.2, -0.15) is 0 Å². The van der Waals surface area contributed by atoms with Gasteiger partial charge in [0.2, 0.25) is 0 Å². The van der Waals surface area contributed by atoms with Gasteiger partial charge in [-0.05, 0) is 5.92 Å². The van der Waals surface area contributed by atoms with Crippen molar-refractivity contribution in [3.05, 3.63) is 0 Å². The maximum absolute atomic E-state index is 11.2. The number of methoxy groups -OCH3 is 1. The molecule has 4 nitrogen and oxygen atoms in total. The highest BCUT2D eigenvalue weighted by molar-refractivity contribution is 5.99. The maximum Gasteiger partial charge on any atom is 0.316 e. The van der Waals surface area contributed by atoms with Crippen LogP contribution in [0.5, 0.6) is 0 Å². The molecule has 0 fully saturated rings. The lowest BCUT2D eigenvalue weighted by molar-refractivity contribution is -0.152. The molecule has 0 aromatic heterocycles. The Labute approximate surface area is 77.9 Å². The summed E-state index contributed by atoms with van der Waals surface area (Å²) in [5, 5.41) is 8.64. The van der Waals surface area contributed by atoms with E-state index in [1.807, 2.05) is 6.92 Å². The molecule has 0 aliphatic rings. The average molecular weight is 188 g/mol. The highest BCUT2D eigenvalue weighted by Crippen LogP contribution is 2.17. The second-order valence-corrected chi connectivity index (χ2v) is 3.01. The maximum atomic E-state index is 11.2. The second-order valence-electron chi connectivity index (χ2n) is 3.01. The van der Waals surface area contributed by atoms with Crippen molar-refractivity contribution in [3.8, 4) is 0 Å². The third kappa shape index (κ3) is 3.14. The zero-order chi connectivity index (χ0) is 10.4. The third-order valence-electron chi connectivity index (χ3n) is 2.17. The van der Waals surface area contributed by atoms with Gasteiger partial charge in [0.25, 0.3) is 0 Å². The van der Waals surface area contributed by atoms with E-state index in [4.69, 9.17) is 5.11 Å². The minimum atomic E-state index is -0.819. The van der Waals surface area contributed by atoms with Crippen LogP contribution in [0.3, 0.4) is 0 Å². The Hall–Kier alpha value is -0.900. The molecule has 0 heterocycles. The molecule has 0 aromatic carbocycles. The van der Waals surface area contributed by atoms with Crippen LogP contribution in [-0.2, 0) is 14.3 Å². The number of aliphatic hydroxyl groups is 1. The monoisotopic (exact) mass is 188 g/mol. The van der Waals surface area contributed by atoms with Crippen molar-refractivity contribution in [1.82, 2.24) is 0 Å². The van der Waals surface area contributed by atoms with Crippen LogP contribution in [0.2, 0.25) is 0 Å². The van der Waals surface area contributed by atoms with Gasteiger partial charge in [0.05, 0.1) is 7.11 Å². The summed E-state index contributed by atoms with van der Waals surface area (Å²) >= 11 is 0. The highest BCUT2D eigenvalue weighted by Gasteiger charge is 2.31. The molecule has 0 aliphatic heterocycles. The first kappa shape index (κ1) is 12.1. The molecule has 0 spiro atoms. The summed E-state index contributed by atoms with van der Waals surface area (Å²) in [6.45, 7) is 3.06. The van der Waals surface area contributed by atoms with E-state index >= 15 is 0 Å². The number of Topliss-reactive ketones (excluding diaryl/α,β-unsaturated/α-hetero) is 1. The van der Waals surface area contributed by atoms with Crippen molar-refractivity contribution in [3.63, 3.8) is 0 Å². The molecule has 1 unspecified atom stereocenters. The number of carbonyl (C=O) groups is 2. The van der Waals surface area contributed by atoms with Crippen LogP contribution in [0.4, 0.5) is 0 Å². The first-order valence-corrected chi connectivity index (χ1v) is 4.29. The molecule has 76 valence electrons. The Balaban J connectivity index is 4.54. The van der Waals surface area contributed by atoms with Crippen LogP contribution in [-0.4, -0.2) is 30.6 Å². The normalized spacial score (nSPS) is 14.8. The summed E-state index contributed by atoms with van der Waals surface area (Å²) in [6, 6.07) is 0. The van der Waals surface area contributed by atoms with Gasteiger partial charge in [0.15, 0.2) is 5.78 Å². The van der Waals surface area contributed by atoms with Crippen molar-refractivity contribution in [2.24, 2.45) is 11.8 Å². The summed E-state index contributed by atoms with van der Waals surface area (Å²) in [4.78, 5) is 22.3. The summed E-state index contributed by atoms with van der Waals surface area (Å²) in [5.74, 6) is -1.94. The van der Waals surface area contributed by atoms with Crippen LogP contribution < -0.4 is 0 Å². The minimum Gasteiger partial charge on any atom is -0.468 e. The van der Waals surface area contributed by atoms with Gasteiger partial charge in [-0.3, -0.25) is 9.59 Å². The Bertz CT molecular complexity index is 172.